The SMILES string of the molecule is CN(CC(=O)NC(C)(C)C)CC(=O)N(C)C1(c2ccccc2Cl)CCCCC1=O. The number of hydrogen-bond donors (Lipinski definition) is 1. The van der Waals surface area contributed by atoms with Crippen molar-refractivity contribution in [3.8, 4) is 0 Å². The van der Waals surface area contributed by atoms with Gasteiger partial charge in [0.15, 0.2) is 5.78 Å². The molecule has 7 heteroatoms. The Kier molecular flexibility index (Phi) is 7.46. The van der Waals surface area contributed by atoms with Gasteiger partial charge in [0.05, 0.1) is 13.1 Å². The lowest BCUT2D eigenvalue weighted by atomic mass is 9.74. The van der Waals surface area contributed by atoms with Gasteiger partial charge in [-0.05, 0) is 53.1 Å². The Labute approximate surface area is 178 Å². The normalized spacial score (nSPS) is 19.9. The topological polar surface area (TPSA) is 69.7 Å². The molecular formula is C22H32ClN3O3. The molecule has 0 aliphatic heterocycles. The van der Waals surface area contributed by atoms with Crippen molar-refractivity contribution in [2.24, 2.45) is 0 Å². The third-order valence-corrected chi connectivity index (χ3v) is 5.58. The maximum atomic E-state index is 13.1. The minimum Gasteiger partial charge on any atom is -0.350 e. The van der Waals surface area contributed by atoms with Crippen molar-refractivity contribution in [1.29, 1.82) is 0 Å². The molecule has 1 unspecified atom stereocenters. The monoisotopic (exact) mass is 421 g/mol. The van der Waals surface area contributed by atoms with E-state index in [1.165, 1.54) is 4.90 Å². The molecule has 0 bridgehead atoms. The van der Waals surface area contributed by atoms with Crippen molar-refractivity contribution in [2.45, 2.75) is 57.5 Å². The van der Waals surface area contributed by atoms with Crippen LogP contribution in [0.5, 0.6) is 0 Å². The van der Waals surface area contributed by atoms with Crippen LogP contribution in [0.15, 0.2) is 24.3 Å². The van der Waals surface area contributed by atoms with Crippen molar-refractivity contribution in [1.82, 2.24) is 15.1 Å². The number of carbonyl (C=O) groups is 3. The van der Waals surface area contributed by atoms with E-state index in [-0.39, 0.29) is 36.2 Å². The Hall–Kier alpha value is -1.92. The van der Waals surface area contributed by atoms with Crippen LogP contribution in [0.1, 0.15) is 52.0 Å². The van der Waals surface area contributed by atoms with Gasteiger partial charge in [0, 0.05) is 29.6 Å². The van der Waals surface area contributed by atoms with Crippen molar-refractivity contribution >= 4 is 29.2 Å². The number of hydrogen-bond acceptors (Lipinski definition) is 4. The summed E-state index contributed by atoms with van der Waals surface area (Å²) in [4.78, 5) is 41.6. The van der Waals surface area contributed by atoms with Crippen LogP contribution < -0.4 is 5.32 Å². The third-order valence-electron chi connectivity index (χ3n) is 5.25. The molecule has 0 spiro atoms. The highest BCUT2D eigenvalue weighted by Crippen LogP contribution is 2.42. The van der Waals surface area contributed by atoms with Crippen LogP contribution in [0.25, 0.3) is 0 Å². The molecule has 1 aliphatic carbocycles. The average molecular weight is 422 g/mol. The lowest BCUT2D eigenvalue weighted by Gasteiger charge is -2.44. The molecule has 2 rings (SSSR count). The first kappa shape index (κ1) is 23.4. The second-order valence-corrected chi connectivity index (χ2v) is 9.30. The predicted octanol–water partition coefficient (Wildman–Crippen LogP) is 2.98. The van der Waals surface area contributed by atoms with E-state index in [4.69, 9.17) is 11.6 Å². The molecule has 0 aromatic heterocycles. The first-order valence-corrected chi connectivity index (χ1v) is 10.4. The van der Waals surface area contributed by atoms with E-state index in [0.29, 0.717) is 23.4 Å². The van der Waals surface area contributed by atoms with Crippen LogP contribution in [-0.4, -0.2) is 60.1 Å². The average Bonchev–Trinajstić information content (AvgIpc) is 2.60. The van der Waals surface area contributed by atoms with Crippen LogP contribution >= 0.6 is 11.6 Å². The number of benzene rings is 1. The first-order valence-electron chi connectivity index (χ1n) is 10.0. The smallest absolute Gasteiger partial charge is 0.237 e. The molecule has 1 fully saturated rings. The maximum Gasteiger partial charge on any atom is 0.237 e. The van der Waals surface area contributed by atoms with Gasteiger partial charge in [0.2, 0.25) is 11.8 Å². The lowest BCUT2D eigenvalue weighted by Crippen LogP contribution is -2.56. The number of likely N-dealkylation sites (N-methyl/N-ethyl adjacent to an activating group) is 2. The van der Waals surface area contributed by atoms with E-state index in [1.807, 2.05) is 39.0 Å². The zero-order chi connectivity index (χ0) is 21.8. The zero-order valence-corrected chi connectivity index (χ0v) is 18.8. The number of nitrogens with one attached hydrogen (secondary N) is 1. The quantitative estimate of drug-likeness (QED) is 0.766. The molecule has 1 aromatic carbocycles. The van der Waals surface area contributed by atoms with Crippen LogP contribution in [0.3, 0.4) is 0 Å². The molecule has 1 N–H and O–H groups in total. The lowest BCUT2D eigenvalue weighted by molar-refractivity contribution is -0.148. The van der Waals surface area contributed by atoms with Gasteiger partial charge in [-0.2, -0.15) is 0 Å². The summed E-state index contributed by atoms with van der Waals surface area (Å²) in [7, 11) is 3.39. The van der Waals surface area contributed by atoms with Gasteiger partial charge >= 0.3 is 0 Å². The van der Waals surface area contributed by atoms with Crippen molar-refractivity contribution in [2.75, 3.05) is 27.2 Å². The Morgan fingerprint density at radius 2 is 1.79 bits per heavy atom. The van der Waals surface area contributed by atoms with Gasteiger partial charge in [0.25, 0.3) is 0 Å². The molecular weight excluding hydrogens is 390 g/mol. The highest BCUT2D eigenvalue weighted by atomic mass is 35.5. The number of Topliss-reactive ketones (excluding diaryl/α,β-unsaturated/α-hetero) is 1. The minimum absolute atomic E-state index is 0.0147. The summed E-state index contributed by atoms with van der Waals surface area (Å²) in [6, 6.07) is 7.24. The number of ketones is 1. The fraction of sp³-hybridized carbons (Fsp3) is 0.591. The molecule has 160 valence electrons. The first-order chi connectivity index (χ1) is 13.5. The molecule has 1 aromatic rings. The predicted molar refractivity (Wildman–Crippen MR) is 115 cm³/mol. The molecule has 1 atom stereocenters. The number of nitrogens with zero attached hydrogens (tertiary/aromatic N) is 2. The van der Waals surface area contributed by atoms with Gasteiger partial charge in [-0.1, -0.05) is 29.8 Å². The van der Waals surface area contributed by atoms with Gasteiger partial charge in [-0.15, -0.1) is 0 Å². The molecule has 0 heterocycles. The standard InChI is InChI=1S/C22H32ClN3O3/c1-21(2,3)24-19(28)14-25(4)15-20(29)26(5)22(13-9-8-12-18(22)27)16-10-6-7-11-17(16)23/h6-7,10-11H,8-9,12-15H2,1-5H3,(H,24,28). The van der Waals surface area contributed by atoms with Crippen molar-refractivity contribution in [3.63, 3.8) is 0 Å². The summed E-state index contributed by atoms with van der Waals surface area (Å²) in [6.07, 6.45) is 2.64. The molecule has 0 saturated heterocycles. The summed E-state index contributed by atoms with van der Waals surface area (Å²) in [5, 5.41) is 3.37. The molecule has 1 aliphatic rings. The Bertz CT molecular complexity index is 775. The molecule has 0 radical (unpaired) electrons. The number of halogens is 1. The summed E-state index contributed by atoms with van der Waals surface area (Å²) in [5.41, 5.74) is -0.709. The Balaban J connectivity index is 2.20. The zero-order valence-electron chi connectivity index (χ0n) is 18.0. The molecule has 6 nitrogen and oxygen atoms in total. The van der Waals surface area contributed by atoms with E-state index >= 15 is 0 Å². The second kappa shape index (κ2) is 9.26. The van der Waals surface area contributed by atoms with Gasteiger partial charge in [-0.3, -0.25) is 19.3 Å². The van der Waals surface area contributed by atoms with Crippen LogP contribution in [-0.2, 0) is 19.9 Å². The van der Waals surface area contributed by atoms with E-state index in [2.05, 4.69) is 5.32 Å². The number of carbonyl (C=O) groups excluding carboxylic acids is 3. The van der Waals surface area contributed by atoms with E-state index in [9.17, 15) is 14.4 Å². The summed E-state index contributed by atoms with van der Waals surface area (Å²) >= 11 is 6.44. The number of amides is 2. The molecule has 1 saturated carbocycles. The Morgan fingerprint density at radius 1 is 1.14 bits per heavy atom. The fourth-order valence-corrected chi connectivity index (χ4v) is 4.23. The second-order valence-electron chi connectivity index (χ2n) is 8.89. The highest BCUT2D eigenvalue weighted by Gasteiger charge is 2.47. The van der Waals surface area contributed by atoms with E-state index in [0.717, 1.165) is 12.8 Å². The largest absolute Gasteiger partial charge is 0.350 e. The highest BCUT2D eigenvalue weighted by molar-refractivity contribution is 6.31. The van der Waals surface area contributed by atoms with Crippen molar-refractivity contribution in [3.05, 3.63) is 34.9 Å². The van der Waals surface area contributed by atoms with Gasteiger partial charge < -0.3 is 10.2 Å². The van der Waals surface area contributed by atoms with Crippen LogP contribution in [0.4, 0.5) is 0 Å². The van der Waals surface area contributed by atoms with Crippen LogP contribution in [0, 0.1) is 0 Å². The fourth-order valence-electron chi connectivity index (χ4n) is 3.94. The molecule has 29 heavy (non-hydrogen) atoms. The van der Waals surface area contributed by atoms with Gasteiger partial charge in [-0.25, -0.2) is 0 Å². The van der Waals surface area contributed by atoms with Crippen LogP contribution in [0.2, 0.25) is 5.02 Å². The molecule has 2 amide bonds. The van der Waals surface area contributed by atoms with Gasteiger partial charge in [0.1, 0.15) is 5.54 Å². The summed E-state index contributed by atoms with van der Waals surface area (Å²) < 4.78 is 0. The maximum absolute atomic E-state index is 13.1. The Morgan fingerprint density at radius 3 is 2.38 bits per heavy atom. The summed E-state index contributed by atoms with van der Waals surface area (Å²) in [6.45, 7) is 5.86. The van der Waals surface area contributed by atoms with Crippen molar-refractivity contribution < 1.29 is 14.4 Å². The minimum atomic E-state index is -1.05. The van der Waals surface area contributed by atoms with E-state index in [1.54, 1.807) is 25.1 Å². The number of rotatable bonds is 6. The summed E-state index contributed by atoms with van der Waals surface area (Å²) in [5.74, 6) is -0.350. The van der Waals surface area contributed by atoms with E-state index < -0.39 is 5.54 Å². The third kappa shape index (κ3) is 5.58.